The van der Waals surface area contributed by atoms with Crippen molar-refractivity contribution in [2.75, 3.05) is 13.1 Å². The molecule has 0 bridgehead atoms. The van der Waals surface area contributed by atoms with Crippen LogP contribution < -0.4 is 19.5 Å². The van der Waals surface area contributed by atoms with E-state index in [0.29, 0.717) is 22.1 Å². The van der Waals surface area contributed by atoms with E-state index in [4.69, 9.17) is 21.1 Å². The minimum Gasteiger partial charge on any atom is -0.484 e. The Hall–Kier alpha value is -2.12. The number of hydrogen-bond donors (Lipinski definition) is 1. The molecule has 0 saturated carbocycles. The Morgan fingerprint density at radius 3 is 2.54 bits per heavy atom. The Balaban J connectivity index is 1.75. The van der Waals surface area contributed by atoms with Gasteiger partial charge in [-0.2, -0.15) is 0 Å². The third-order valence-corrected chi connectivity index (χ3v) is 4.04. The standard InChI is InChI=1S/C18H17ClF3NO3/c1-11(12-3-2-4-14(7-12)26-18(20,21)22)24-16-6-5-13(19)8-17(16)25-15-9-23-10-15/h2-8,11,15,23H,9-10H2,1H3. The molecular formula is C18H17ClF3NO3. The van der Waals surface area contributed by atoms with Gasteiger partial charge in [0.1, 0.15) is 18.0 Å². The van der Waals surface area contributed by atoms with Gasteiger partial charge in [0, 0.05) is 24.2 Å². The average molecular weight is 388 g/mol. The Kier molecular flexibility index (Phi) is 5.48. The van der Waals surface area contributed by atoms with Gasteiger partial charge in [0.15, 0.2) is 11.5 Å². The van der Waals surface area contributed by atoms with Crippen molar-refractivity contribution in [2.24, 2.45) is 0 Å². The number of rotatable bonds is 6. The predicted octanol–water partition coefficient (Wildman–Crippen LogP) is 4.73. The number of benzene rings is 2. The van der Waals surface area contributed by atoms with Gasteiger partial charge in [0.2, 0.25) is 0 Å². The zero-order valence-corrected chi connectivity index (χ0v) is 14.6. The van der Waals surface area contributed by atoms with Gasteiger partial charge in [-0.25, -0.2) is 0 Å². The second-order valence-electron chi connectivity index (χ2n) is 5.87. The van der Waals surface area contributed by atoms with E-state index in [-0.39, 0.29) is 11.9 Å². The molecule has 140 valence electrons. The summed E-state index contributed by atoms with van der Waals surface area (Å²) in [5.41, 5.74) is 0.540. The van der Waals surface area contributed by atoms with E-state index >= 15 is 0 Å². The van der Waals surface area contributed by atoms with Gasteiger partial charge >= 0.3 is 6.36 Å². The van der Waals surface area contributed by atoms with Crippen molar-refractivity contribution in [3.8, 4) is 17.2 Å². The van der Waals surface area contributed by atoms with Crippen molar-refractivity contribution in [2.45, 2.75) is 25.5 Å². The van der Waals surface area contributed by atoms with Crippen LogP contribution >= 0.6 is 11.6 Å². The minimum absolute atomic E-state index is 0.0367. The van der Waals surface area contributed by atoms with Crippen molar-refractivity contribution in [1.29, 1.82) is 0 Å². The first-order chi connectivity index (χ1) is 12.3. The maximum Gasteiger partial charge on any atom is 0.573 e. The molecule has 0 radical (unpaired) electrons. The second kappa shape index (κ2) is 7.63. The summed E-state index contributed by atoms with van der Waals surface area (Å²) >= 11 is 6.02. The maximum atomic E-state index is 12.4. The lowest BCUT2D eigenvalue weighted by Gasteiger charge is -2.29. The lowest BCUT2D eigenvalue weighted by atomic mass is 10.1. The molecule has 1 saturated heterocycles. The van der Waals surface area contributed by atoms with Crippen LogP contribution in [0.5, 0.6) is 17.2 Å². The van der Waals surface area contributed by atoms with Crippen LogP contribution in [-0.2, 0) is 0 Å². The smallest absolute Gasteiger partial charge is 0.484 e. The molecule has 0 amide bonds. The number of halogens is 4. The Morgan fingerprint density at radius 2 is 1.88 bits per heavy atom. The van der Waals surface area contributed by atoms with Gasteiger partial charge in [-0.05, 0) is 36.8 Å². The first kappa shape index (κ1) is 18.7. The largest absolute Gasteiger partial charge is 0.573 e. The van der Waals surface area contributed by atoms with Crippen LogP contribution in [0.1, 0.15) is 18.6 Å². The Bertz CT molecular complexity index is 766. The highest BCUT2D eigenvalue weighted by Gasteiger charge is 2.31. The summed E-state index contributed by atoms with van der Waals surface area (Å²) in [5.74, 6) is 0.674. The average Bonchev–Trinajstić information content (AvgIpc) is 2.51. The molecular weight excluding hydrogens is 371 g/mol. The molecule has 26 heavy (non-hydrogen) atoms. The summed E-state index contributed by atoms with van der Waals surface area (Å²) in [6.07, 6.45) is -5.22. The summed E-state index contributed by atoms with van der Waals surface area (Å²) in [5, 5.41) is 3.61. The molecule has 2 aromatic carbocycles. The highest BCUT2D eigenvalue weighted by molar-refractivity contribution is 6.30. The van der Waals surface area contributed by atoms with Crippen molar-refractivity contribution < 1.29 is 27.4 Å². The zero-order chi connectivity index (χ0) is 18.7. The van der Waals surface area contributed by atoms with Gasteiger partial charge in [-0.3, -0.25) is 0 Å². The van der Waals surface area contributed by atoms with E-state index in [2.05, 4.69) is 10.1 Å². The molecule has 3 rings (SSSR count). The first-order valence-electron chi connectivity index (χ1n) is 7.99. The van der Waals surface area contributed by atoms with Gasteiger partial charge in [-0.15, -0.1) is 13.2 Å². The molecule has 1 unspecified atom stereocenters. The van der Waals surface area contributed by atoms with Gasteiger partial charge in [-0.1, -0.05) is 23.7 Å². The molecule has 8 heteroatoms. The number of ether oxygens (including phenoxy) is 3. The van der Waals surface area contributed by atoms with Gasteiger partial charge < -0.3 is 19.5 Å². The van der Waals surface area contributed by atoms with Crippen LogP contribution in [0.4, 0.5) is 13.2 Å². The SMILES string of the molecule is CC(Oc1ccc(Cl)cc1OC1CNC1)c1cccc(OC(F)(F)F)c1. The van der Waals surface area contributed by atoms with Crippen molar-refractivity contribution in [3.63, 3.8) is 0 Å². The molecule has 0 spiro atoms. The lowest BCUT2D eigenvalue weighted by molar-refractivity contribution is -0.274. The van der Waals surface area contributed by atoms with Gasteiger partial charge in [0.05, 0.1) is 0 Å². The molecule has 1 heterocycles. The van der Waals surface area contributed by atoms with Crippen LogP contribution in [0.25, 0.3) is 0 Å². The molecule has 0 aromatic heterocycles. The second-order valence-corrected chi connectivity index (χ2v) is 6.31. The summed E-state index contributed by atoms with van der Waals surface area (Å²) in [4.78, 5) is 0. The van der Waals surface area contributed by atoms with Crippen molar-refractivity contribution >= 4 is 11.6 Å². The van der Waals surface area contributed by atoms with Gasteiger partial charge in [0.25, 0.3) is 0 Å². The fraction of sp³-hybridized carbons (Fsp3) is 0.333. The molecule has 0 aliphatic carbocycles. The highest BCUT2D eigenvalue weighted by Crippen LogP contribution is 2.35. The fourth-order valence-corrected chi connectivity index (χ4v) is 2.58. The van der Waals surface area contributed by atoms with Crippen molar-refractivity contribution in [3.05, 3.63) is 53.1 Å². The molecule has 1 N–H and O–H groups in total. The topological polar surface area (TPSA) is 39.7 Å². The number of nitrogens with one attached hydrogen (secondary N) is 1. The Labute approximate surface area is 153 Å². The number of hydrogen-bond acceptors (Lipinski definition) is 4. The zero-order valence-electron chi connectivity index (χ0n) is 13.8. The van der Waals surface area contributed by atoms with E-state index in [9.17, 15) is 13.2 Å². The van der Waals surface area contributed by atoms with E-state index in [1.165, 1.54) is 18.2 Å². The summed E-state index contributed by atoms with van der Waals surface area (Å²) < 4.78 is 52.8. The molecule has 4 nitrogen and oxygen atoms in total. The lowest BCUT2D eigenvalue weighted by Crippen LogP contribution is -2.50. The molecule has 1 atom stereocenters. The molecule has 1 fully saturated rings. The monoisotopic (exact) mass is 387 g/mol. The van der Waals surface area contributed by atoms with Crippen LogP contribution in [-0.4, -0.2) is 25.6 Å². The summed E-state index contributed by atoms with van der Waals surface area (Å²) in [6.45, 7) is 3.20. The fourth-order valence-electron chi connectivity index (χ4n) is 2.42. The molecule has 1 aliphatic heterocycles. The summed E-state index contributed by atoms with van der Waals surface area (Å²) in [7, 11) is 0. The van der Waals surface area contributed by atoms with E-state index in [1.54, 1.807) is 31.2 Å². The quantitative estimate of drug-likeness (QED) is 0.778. The molecule has 1 aliphatic rings. The van der Waals surface area contributed by atoms with Crippen LogP contribution in [0, 0.1) is 0 Å². The highest BCUT2D eigenvalue weighted by atomic mass is 35.5. The summed E-state index contributed by atoms with van der Waals surface area (Å²) in [6, 6.07) is 10.7. The van der Waals surface area contributed by atoms with E-state index in [0.717, 1.165) is 13.1 Å². The first-order valence-corrected chi connectivity index (χ1v) is 8.37. The van der Waals surface area contributed by atoms with Crippen LogP contribution in [0.15, 0.2) is 42.5 Å². The molecule has 2 aromatic rings. The van der Waals surface area contributed by atoms with Crippen molar-refractivity contribution in [1.82, 2.24) is 5.32 Å². The Morgan fingerprint density at radius 1 is 1.12 bits per heavy atom. The third kappa shape index (κ3) is 4.95. The predicted molar refractivity (Wildman–Crippen MR) is 90.9 cm³/mol. The number of alkyl halides is 3. The normalized spacial score (nSPS) is 15.9. The van der Waals surface area contributed by atoms with Crippen LogP contribution in [0.3, 0.4) is 0 Å². The third-order valence-electron chi connectivity index (χ3n) is 3.81. The maximum absolute atomic E-state index is 12.4. The minimum atomic E-state index is -4.74. The van der Waals surface area contributed by atoms with Crippen LogP contribution in [0.2, 0.25) is 5.02 Å². The van der Waals surface area contributed by atoms with E-state index < -0.39 is 12.5 Å². The van der Waals surface area contributed by atoms with E-state index in [1.807, 2.05) is 0 Å².